The van der Waals surface area contributed by atoms with Crippen molar-refractivity contribution in [3.05, 3.63) is 32.4 Å². The van der Waals surface area contributed by atoms with E-state index in [2.05, 4.69) is 15.9 Å². The molecule has 0 bridgehead atoms. The zero-order chi connectivity index (χ0) is 9.14. The van der Waals surface area contributed by atoms with E-state index in [1.165, 1.54) is 11.3 Å². The van der Waals surface area contributed by atoms with Gasteiger partial charge in [-0.25, -0.2) is 0 Å². The highest BCUT2D eigenvalue weighted by atomic mass is 79.9. The summed E-state index contributed by atoms with van der Waals surface area (Å²) < 4.78 is 0.970. The molecule has 3 heteroatoms. The highest BCUT2D eigenvalue weighted by molar-refractivity contribution is 9.10. The van der Waals surface area contributed by atoms with Crippen LogP contribution in [0.25, 0.3) is 0 Å². The van der Waals surface area contributed by atoms with Crippen LogP contribution in [0.2, 0.25) is 0 Å². The van der Waals surface area contributed by atoms with Crippen molar-refractivity contribution in [2.45, 2.75) is 13.8 Å². The van der Waals surface area contributed by atoms with E-state index in [-0.39, 0.29) is 5.78 Å². The number of rotatable bonds is 2. The Kier molecular flexibility index (Phi) is 3.23. The lowest BCUT2D eigenvalue weighted by molar-refractivity contribution is 0.105. The monoisotopic (exact) mass is 244 g/mol. The molecule has 0 aromatic carbocycles. The van der Waals surface area contributed by atoms with E-state index in [1.54, 1.807) is 6.08 Å². The molecular weight excluding hydrogens is 236 g/mol. The van der Waals surface area contributed by atoms with E-state index in [0.29, 0.717) is 0 Å². The fourth-order valence-electron chi connectivity index (χ4n) is 0.776. The molecule has 0 aliphatic carbocycles. The third-order valence-electron chi connectivity index (χ3n) is 1.23. The van der Waals surface area contributed by atoms with E-state index in [0.717, 1.165) is 14.9 Å². The van der Waals surface area contributed by atoms with Gasteiger partial charge in [-0.15, -0.1) is 11.3 Å². The molecule has 0 spiro atoms. The zero-order valence-electron chi connectivity index (χ0n) is 6.93. The summed E-state index contributed by atoms with van der Waals surface area (Å²) in [6.45, 7) is 3.83. The standard InChI is InChI=1S/C9H9BrOS/c1-6(2)3-8(11)9-4-7(10)5-12-9/h3-5H,1-2H3. The van der Waals surface area contributed by atoms with Crippen LogP contribution in [0.15, 0.2) is 27.6 Å². The number of halogens is 1. The predicted octanol–water partition coefficient (Wildman–Crippen LogP) is 3.66. The van der Waals surface area contributed by atoms with Gasteiger partial charge in [0.1, 0.15) is 0 Å². The first-order chi connectivity index (χ1) is 5.59. The molecule has 0 N–H and O–H groups in total. The second-order valence-electron chi connectivity index (χ2n) is 2.72. The minimum Gasteiger partial charge on any atom is -0.288 e. The summed E-state index contributed by atoms with van der Waals surface area (Å²) in [5.74, 6) is 0.0886. The fraction of sp³-hybridized carbons (Fsp3) is 0.222. The first-order valence-electron chi connectivity index (χ1n) is 3.53. The molecule has 1 aromatic rings. The second kappa shape index (κ2) is 4.01. The Hall–Kier alpha value is -0.410. The van der Waals surface area contributed by atoms with Gasteiger partial charge in [0.05, 0.1) is 4.88 Å². The Labute approximate surface area is 84.2 Å². The second-order valence-corrected chi connectivity index (χ2v) is 4.54. The Morgan fingerprint density at radius 2 is 2.25 bits per heavy atom. The molecule has 0 atom stereocenters. The smallest absolute Gasteiger partial charge is 0.195 e. The van der Waals surface area contributed by atoms with Crippen molar-refractivity contribution in [1.29, 1.82) is 0 Å². The van der Waals surface area contributed by atoms with Gasteiger partial charge in [-0.1, -0.05) is 5.57 Å². The van der Waals surface area contributed by atoms with E-state index in [9.17, 15) is 4.79 Å². The molecule has 0 amide bonds. The van der Waals surface area contributed by atoms with E-state index in [4.69, 9.17) is 0 Å². The number of thiophene rings is 1. The Morgan fingerprint density at radius 3 is 2.67 bits per heavy atom. The van der Waals surface area contributed by atoms with Crippen LogP contribution in [-0.2, 0) is 0 Å². The highest BCUT2D eigenvalue weighted by Crippen LogP contribution is 2.20. The molecule has 0 saturated heterocycles. The van der Waals surface area contributed by atoms with E-state index >= 15 is 0 Å². The lowest BCUT2D eigenvalue weighted by Crippen LogP contribution is -1.89. The summed E-state index contributed by atoms with van der Waals surface area (Å²) in [6.07, 6.45) is 1.65. The van der Waals surface area contributed by atoms with Gasteiger partial charge in [0.15, 0.2) is 5.78 Å². The van der Waals surface area contributed by atoms with Crippen LogP contribution >= 0.6 is 27.3 Å². The van der Waals surface area contributed by atoms with Gasteiger partial charge in [0, 0.05) is 9.85 Å². The van der Waals surface area contributed by atoms with Crippen LogP contribution in [0.1, 0.15) is 23.5 Å². The zero-order valence-corrected chi connectivity index (χ0v) is 9.33. The molecule has 0 aliphatic heterocycles. The van der Waals surface area contributed by atoms with Crippen molar-refractivity contribution in [1.82, 2.24) is 0 Å². The molecular formula is C9H9BrOS. The lowest BCUT2D eigenvalue weighted by Gasteiger charge is -1.88. The average molecular weight is 245 g/mol. The summed E-state index contributed by atoms with van der Waals surface area (Å²) in [5.41, 5.74) is 1.03. The minimum absolute atomic E-state index is 0.0886. The molecule has 1 aromatic heterocycles. The van der Waals surface area contributed by atoms with Gasteiger partial charge in [-0.2, -0.15) is 0 Å². The molecule has 1 heterocycles. The summed E-state index contributed by atoms with van der Waals surface area (Å²) >= 11 is 4.76. The molecule has 1 nitrogen and oxygen atoms in total. The molecule has 0 aliphatic rings. The molecule has 0 saturated carbocycles. The van der Waals surface area contributed by atoms with Crippen LogP contribution in [0.4, 0.5) is 0 Å². The van der Waals surface area contributed by atoms with E-state index < -0.39 is 0 Å². The first-order valence-corrected chi connectivity index (χ1v) is 5.20. The first kappa shape index (κ1) is 9.68. The van der Waals surface area contributed by atoms with Crippen molar-refractivity contribution in [2.75, 3.05) is 0 Å². The normalized spacial score (nSPS) is 9.58. The van der Waals surface area contributed by atoms with Crippen LogP contribution in [0, 0.1) is 0 Å². The number of hydrogen-bond acceptors (Lipinski definition) is 2. The summed E-state index contributed by atoms with van der Waals surface area (Å²) in [7, 11) is 0. The van der Waals surface area contributed by atoms with Gasteiger partial charge in [-0.3, -0.25) is 4.79 Å². The summed E-state index contributed by atoms with van der Waals surface area (Å²) in [6, 6.07) is 1.84. The molecule has 1 rings (SSSR count). The Morgan fingerprint density at radius 1 is 1.58 bits per heavy atom. The Balaban J connectivity index is 2.86. The number of carbonyl (C=O) groups excluding carboxylic acids is 1. The predicted molar refractivity (Wildman–Crippen MR) is 55.8 cm³/mol. The van der Waals surface area contributed by atoms with Crippen molar-refractivity contribution < 1.29 is 4.79 Å². The van der Waals surface area contributed by atoms with Crippen LogP contribution in [0.3, 0.4) is 0 Å². The molecule has 0 fully saturated rings. The number of hydrogen-bond donors (Lipinski definition) is 0. The largest absolute Gasteiger partial charge is 0.288 e. The quantitative estimate of drug-likeness (QED) is 0.574. The number of carbonyl (C=O) groups is 1. The van der Waals surface area contributed by atoms with Gasteiger partial charge in [0.2, 0.25) is 0 Å². The van der Waals surface area contributed by atoms with Crippen LogP contribution in [-0.4, -0.2) is 5.78 Å². The van der Waals surface area contributed by atoms with Gasteiger partial charge >= 0.3 is 0 Å². The average Bonchev–Trinajstić information content (AvgIpc) is 2.34. The third kappa shape index (κ3) is 2.57. The molecule has 0 unspecified atom stereocenters. The summed E-state index contributed by atoms with van der Waals surface area (Å²) in [4.78, 5) is 12.2. The summed E-state index contributed by atoms with van der Waals surface area (Å²) in [5, 5.41) is 1.91. The van der Waals surface area contributed by atoms with Crippen molar-refractivity contribution in [3.8, 4) is 0 Å². The maximum Gasteiger partial charge on any atom is 0.195 e. The van der Waals surface area contributed by atoms with Gasteiger partial charge < -0.3 is 0 Å². The highest BCUT2D eigenvalue weighted by Gasteiger charge is 2.04. The topological polar surface area (TPSA) is 17.1 Å². The molecule has 12 heavy (non-hydrogen) atoms. The molecule has 0 radical (unpaired) electrons. The lowest BCUT2D eigenvalue weighted by atomic mass is 10.2. The fourth-order valence-corrected chi connectivity index (χ4v) is 2.11. The van der Waals surface area contributed by atoms with Gasteiger partial charge in [-0.05, 0) is 41.9 Å². The van der Waals surface area contributed by atoms with Crippen molar-refractivity contribution in [2.24, 2.45) is 0 Å². The van der Waals surface area contributed by atoms with Crippen molar-refractivity contribution in [3.63, 3.8) is 0 Å². The minimum atomic E-state index is 0.0886. The van der Waals surface area contributed by atoms with E-state index in [1.807, 2.05) is 25.3 Å². The Bertz CT molecular complexity index is 321. The SMILES string of the molecule is CC(C)=CC(=O)c1cc(Br)cs1. The number of allylic oxidation sites excluding steroid dienone is 2. The van der Waals surface area contributed by atoms with Crippen LogP contribution < -0.4 is 0 Å². The third-order valence-corrected chi connectivity index (χ3v) is 2.94. The van der Waals surface area contributed by atoms with Crippen molar-refractivity contribution >= 4 is 33.0 Å². The van der Waals surface area contributed by atoms with Crippen LogP contribution in [0.5, 0.6) is 0 Å². The molecule has 64 valence electrons. The van der Waals surface area contributed by atoms with Gasteiger partial charge in [0.25, 0.3) is 0 Å². The number of ketones is 1. The maximum atomic E-state index is 11.4. The maximum absolute atomic E-state index is 11.4.